The summed E-state index contributed by atoms with van der Waals surface area (Å²) in [5.74, 6) is -0.313. The Hall–Kier alpha value is -2.49. The van der Waals surface area contributed by atoms with Crippen LogP contribution in [0.5, 0.6) is 0 Å². The van der Waals surface area contributed by atoms with Gasteiger partial charge in [-0.15, -0.1) is 0 Å². The lowest BCUT2D eigenvalue weighted by Gasteiger charge is -2.13. The number of anilines is 2. The Balaban J connectivity index is 1.77. The van der Waals surface area contributed by atoms with E-state index in [1.165, 1.54) is 16.8 Å². The van der Waals surface area contributed by atoms with Gasteiger partial charge in [0.05, 0.1) is 6.42 Å². The van der Waals surface area contributed by atoms with Crippen molar-refractivity contribution in [3.05, 3.63) is 59.2 Å². The summed E-state index contributed by atoms with van der Waals surface area (Å²) in [5.41, 5.74) is 11.1. The van der Waals surface area contributed by atoms with Gasteiger partial charge in [0, 0.05) is 24.5 Å². The van der Waals surface area contributed by atoms with Gasteiger partial charge in [-0.1, -0.05) is 36.4 Å². The molecular weight excluding hydrogens is 262 g/mol. The van der Waals surface area contributed by atoms with Gasteiger partial charge in [-0.05, 0) is 29.2 Å². The third kappa shape index (κ3) is 2.99. The summed E-state index contributed by atoms with van der Waals surface area (Å²) in [5, 5.41) is 6.85. The lowest BCUT2D eigenvalue weighted by Crippen LogP contribution is -2.15. The quantitative estimate of drug-likeness (QED) is 0.787. The molecule has 2 aromatic carbocycles. The number of fused-ring (bicyclic) bond motifs is 1. The van der Waals surface area contributed by atoms with E-state index in [1.807, 2.05) is 24.3 Å². The van der Waals surface area contributed by atoms with E-state index in [4.69, 9.17) is 5.73 Å². The summed E-state index contributed by atoms with van der Waals surface area (Å²) in [7, 11) is 0. The Morgan fingerprint density at radius 2 is 1.95 bits per heavy atom. The number of amides is 1. The van der Waals surface area contributed by atoms with Crippen LogP contribution in [0.4, 0.5) is 11.4 Å². The lowest BCUT2D eigenvalue weighted by atomic mass is 10.1. The number of hydrogen-bond donors (Lipinski definition) is 3. The second-order valence-corrected chi connectivity index (χ2v) is 5.28. The van der Waals surface area contributed by atoms with Crippen molar-refractivity contribution in [3.63, 3.8) is 0 Å². The van der Waals surface area contributed by atoms with Crippen LogP contribution in [0.15, 0.2) is 42.5 Å². The second kappa shape index (κ2) is 5.87. The zero-order chi connectivity index (χ0) is 14.7. The van der Waals surface area contributed by atoms with Gasteiger partial charge < -0.3 is 16.4 Å². The molecule has 0 unspecified atom stereocenters. The van der Waals surface area contributed by atoms with Crippen LogP contribution in [0.3, 0.4) is 0 Å². The fraction of sp³-hybridized carbons (Fsp3) is 0.235. The van der Waals surface area contributed by atoms with Crippen LogP contribution in [-0.4, -0.2) is 12.5 Å². The number of carbonyl (C=O) groups excluding carboxylic acids is 1. The molecule has 1 aliphatic rings. The number of hydrogen-bond acceptors (Lipinski definition) is 3. The Bertz CT molecular complexity index is 667. The largest absolute Gasteiger partial charge is 0.384 e. The highest BCUT2D eigenvalue weighted by molar-refractivity contribution is 5.78. The number of rotatable bonds is 5. The van der Waals surface area contributed by atoms with Crippen molar-refractivity contribution in [3.8, 4) is 0 Å². The van der Waals surface area contributed by atoms with Gasteiger partial charge in [0.15, 0.2) is 0 Å². The van der Waals surface area contributed by atoms with Crippen LogP contribution < -0.4 is 16.4 Å². The zero-order valence-electron chi connectivity index (χ0n) is 11.9. The van der Waals surface area contributed by atoms with E-state index >= 15 is 0 Å². The Labute approximate surface area is 124 Å². The molecule has 1 amide bonds. The first-order valence-corrected chi connectivity index (χ1v) is 7.19. The van der Waals surface area contributed by atoms with Crippen LogP contribution >= 0.6 is 0 Å². The van der Waals surface area contributed by atoms with Crippen molar-refractivity contribution in [2.75, 3.05) is 17.2 Å². The Morgan fingerprint density at radius 1 is 1.14 bits per heavy atom. The molecule has 4 N–H and O–H groups in total. The minimum atomic E-state index is -0.313. The van der Waals surface area contributed by atoms with Crippen LogP contribution in [0.25, 0.3) is 0 Å². The van der Waals surface area contributed by atoms with Crippen molar-refractivity contribution >= 4 is 17.3 Å². The van der Waals surface area contributed by atoms with Crippen LogP contribution in [0, 0.1) is 0 Å². The molecule has 4 nitrogen and oxygen atoms in total. The zero-order valence-corrected chi connectivity index (χ0v) is 11.9. The fourth-order valence-electron chi connectivity index (χ4n) is 2.78. The Morgan fingerprint density at radius 3 is 2.81 bits per heavy atom. The summed E-state index contributed by atoms with van der Waals surface area (Å²) in [6.07, 6.45) is 1.34. The lowest BCUT2D eigenvalue weighted by molar-refractivity contribution is -0.117. The molecule has 0 fully saturated rings. The van der Waals surface area contributed by atoms with E-state index in [9.17, 15) is 4.79 Å². The van der Waals surface area contributed by atoms with Gasteiger partial charge in [-0.3, -0.25) is 4.79 Å². The minimum absolute atomic E-state index is 0.258. The predicted molar refractivity (Wildman–Crippen MR) is 85.3 cm³/mol. The van der Waals surface area contributed by atoms with Crippen LogP contribution in [-0.2, 0) is 24.2 Å². The summed E-state index contributed by atoms with van der Waals surface area (Å²) in [6, 6.07) is 14.2. The summed E-state index contributed by atoms with van der Waals surface area (Å²) in [4.78, 5) is 11.1. The molecule has 0 saturated carbocycles. The highest BCUT2D eigenvalue weighted by atomic mass is 16.1. The monoisotopic (exact) mass is 281 g/mol. The molecule has 3 rings (SSSR count). The first-order chi connectivity index (χ1) is 10.2. The molecule has 0 atom stereocenters. The predicted octanol–water partition coefficient (Wildman–Crippen LogP) is 2.29. The van der Waals surface area contributed by atoms with Crippen molar-refractivity contribution < 1.29 is 4.79 Å². The molecule has 21 heavy (non-hydrogen) atoms. The average Bonchev–Trinajstić information content (AvgIpc) is 2.95. The maximum atomic E-state index is 11.1. The van der Waals surface area contributed by atoms with E-state index in [0.717, 1.165) is 30.8 Å². The van der Waals surface area contributed by atoms with Gasteiger partial charge in [0.2, 0.25) is 5.91 Å². The number of carbonyl (C=O) groups is 1. The first kappa shape index (κ1) is 13.5. The minimum Gasteiger partial charge on any atom is -0.384 e. The smallest absolute Gasteiger partial charge is 0.221 e. The third-order valence-corrected chi connectivity index (χ3v) is 3.78. The fourth-order valence-corrected chi connectivity index (χ4v) is 2.78. The normalized spacial score (nSPS) is 12.6. The van der Waals surface area contributed by atoms with Gasteiger partial charge in [0.25, 0.3) is 0 Å². The third-order valence-electron chi connectivity index (χ3n) is 3.78. The molecule has 108 valence electrons. The average molecular weight is 281 g/mol. The van der Waals surface area contributed by atoms with E-state index in [2.05, 4.69) is 28.8 Å². The molecule has 1 heterocycles. The summed E-state index contributed by atoms with van der Waals surface area (Å²) >= 11 is 0. The highest BCUT2D eigenvalue weighted by Gasteiger charge is 2.13. The number of primary amides is 1. The maximum absolute atomic E-state index is 11.1. The molecule has 1 aliphatic heterocycles. The van der Waals surface area contributed by atoms with Crippen molar-refractivity contribution in [2.24, 2.45) is 5.73 Å². The summed E-state index contributed by atoms with van der Waals surface area (Å²) in [6.45, 7) is 1.73. The molecule has 4 heteroatoms. The SMILES string of the molecule is NC(=O)Cc1ccccc1NCc1cccc2c1NCC2. The van der Waals surface area contributed by atoms with Crippen molar-refractivity contribution in [2.45, 2.75) is 19.4 Å². The molecular formula is C17H19N3O. The number of benzene rings is 2. The van der Waals surface area contributed by atoms with Crippen molar-refractivity contribution in [1.29, 1.82) is 0 Å². The van der Waals surface area contributed by atoms with E-state index < -0.39 is 0 Å². The maximum Gasteiger partial charge on any atom is 0.221 e. The highest BCUT2D eigenvalue weighted by Crippen LogP contribution is 2.27. The van der Waals surface area contributed by atoms with Gasteiger partial charge in [-0.2, -0.15) is 0 Å². The molecule has 2 aromatic rings. The standard InChI is InChI=1S/C17H19N3O/c18-16(21)10-13-4-1-2-7-15(13)20-11-14-6-3-5-12-8-9-19-17(12)14/h1-7,19-20H,8-11H2,(H2,18,21). The first-order valence-electron chi connectivity index (χ1n) is 7.19. The van der Waals surface area contributed by atoms with E-state index in [0.29, 0.717) is 0 Å². The molecule has 0 spiro atoms. The van der Waals surface area contributed by atoms with Gasteiger partial charge in [0.1, 0.15) is 0 Å². The summed E-state index contributed by atoms with van der Waals surface area (Å²) < 4.78 is 0. The van der Waals surface area contributed by atoms with Crippen LogP contribution in [0.2, 0.25) is 0 Å². The Kier molecular flexibility index (Phi) is 3.77. The number of nitrogens with one attached hydrogen (secondary N) is 2. The molecule has 0 aromatic heterocycles. The van der Waals surface area contributed by atoms with E-state index in [-0.39, 0.29) is 12.3 Å². The second-order valence-electron chi connectivity index (χ2n) is 5.28. The molecule has 0 bridgehead atoms. The number of para-hydroxylation sites is 2. The molecule has 0 aliphatic carbocycles. The van der Waals surface area contributed by atoms with Crippen LogP contribution in [0.1, 0.15) is 16.7 Å². The number of nitrogens with two attached hydrogens (primary N) is 1. The molecule has 0 saturated heterocycles. The van der Waals surface area contributed by atoms with E-state index in [1.54, 1.807) is 0 Å². The van der Waals surface area contributed by atoms with Crippen molar-refractivity contribution in [1.82, 2.24) is 0 Å². The topological polar surface area (TPSA) is 67.2 Å². The van der Waals surface area contributed by atoms with Gasteiger partial charge in [-0.25, -0.2) is 0 Å². The molecule has 0 radical (unpaired) electrons. The van der Waals surface area contributed by atoms with Gasteiger partial charge >= 0.3 is 0 Å².